The number of anilines is 1. The molecule has 0 unspecified atom stereocenters. The second kappa shape index (κ2) is 4.89. The van der Waals surface area contributed by atoms with E-state index < -0.39 is 0 Å². The summed E-state index contributed by atoms with van der Waals surface area (Å²) in [7, 11) is 0. The molecule has 0 bridgehead atoms. The Morgan fingerprint density at radius 1 is 1.36 bits per heavy atom. The molecule has 0 saturated carbocycles. The predicted molar refractivity (Wildman–Crippen MR) is 60.8 cm³/mol. The average Bonchev–Trinajstić information content (AvgIpc) is 2.10. The number of aryl methyl sites for hydroxylation is 1. The smallest absolute Gasteiger partial charge is 0.120 e. The van der Waals surface area contributed by atoms with Crippen LogP contribution in [0.1, 0.15) is 25.8 Å². The molecule has 2 nitrogen and oxygen atoms in total. The minimum Gasteiger partial charge on any atom is -0.508 e. The largest absolute Gasteiger partial charge is 0.508 e. The monoisotopic (exact) mass is 193 g/mol. The molecule has 0 aliphatic rings. The lowest BCUT2D eigenvalue weighted by atomic mass is 10.1. The molecule has 0 saturated heterocycles. The van der Waals surface area contributed by atoms with E-state index in [9.17, 15) is 5.11 Å². The van der Waals surface area contributed by atoms with E-state index in [0.29, 0.717) is 11.7 Å². The van der Waals surface area contributed by atoms with E-state index in [-0.39, 0.29) is 0 Å². The number of rotatable bonds is 4. The molecule has 1 aromatic carbocycles. The molecule has 2 heteroatoms. The summed E-state index contributed by atoms with van der Waals surface area (Å²) in [6, 6.07) is 5.69. The van der Waals surface area contributed by atoms with Gasteiger partial charge in [-0.25, -0.2) is 0 Å². The van der Waals surface area contributed by atoms with Crippen LogP contribution in [0.15, 0.2) is 18.2 Å². The maximum absolute atomic E-state index is 9.47. The van der Waals surface area contributed by atoms with E-state index in [0.717, 1.165) is 24.2 Å². The first-order valence-corrected chi connectivity index (χ1v) is 5.13. The molecule has 0 radical (unpaired) electrons. The van der Waals surface area contributed by atoms with Gasteiger partial charge in [0.25, 0.3) is 0 Å². The summed E-state index contributed by atoms with van der Waals surface area (Å²) in [5, 5.41) is 12.8. The Kier molecular flexibility index (Phi) is 3.81. The molecule has 14 heavy (non-hydrogen) atoms. The molecule has 1 aromatic rings. The number of hydrogen-bond donors (Lipinski definition) is 2. The maximum atomic E-state index is 9.47. The van der Waals surface area contributed by atoms with Crippen molar-refractivity contribution in [3.05, 3.63) is 23.8 Å². The van der Waals surface area contributed by atoms with E-state index >= 15 is 0 Å². The van der Waals surface area contributed by atoms with Gasteiger partial charge in [-0.15, -0.1) is 0 Å². The summed E-state index contributed by atoms with van der Waals surface area (Å²) in [6.45, 7) is 7.26. The molecular formula is C12H19NO. The topological polar surface area (TPSA) is 32.3 Å². The first-order valence-electron chi connectivity index (χ1n) is 5.13. The molecule has 2 N–H and O–H groups in total. The van der Waals surface area contributed by atoms with Gasteiger partial charge in [0.2, 0.25) is 0 Å². The predicted octanol–water partition coefficient (Wildman–Crippen LogP) is 3.16. The summed E-state index contributed by atoms with van der Waals surface area (Å²) in [5.74, 6) is 1.07. The molecule has 78 valence electrons. The molecule has 0 atom stereocenters. The van der Waals surface area contributed by atoms with Crippen molar-refractivity contribution < 1.29 is 5.11 Å². The number of phenolic OH excluding ortho intramolecular Hbond substituents is 1. The third-order valence-electron chi connectivity index (χ3n) is 2.26. The molecule has 0 fully saturated rings. The number of benzene rings is 1. The quantitative estimate of drug-likeness (QED) is 0.769. The Balaban J connectivity index is 2.47. The van der Waals surface area contributed by atoms with Gasteiger partial charge in [0.05, 0.1) is 0 Å². The second-order valence-electron chi connectivity index (χ2n) is 4.11. The lowest BCUT2D eigenvalue weighted by Crippen LogP contribution is -2.04. The van der Waals surface area contributed by atoms with Crippen LogP contribution in [-0.2, 0) is 0 Å². The van der Waals surface area contributed by atoms with Gasteiger partial charge in [-0.2, -0.15) is 0 Å². The fourth-order valence-corrected chi connectivity index (χ4v) is 1.22. The first kappa shape index (κ1) is 10.9. The third kappa shape index (κ3) is 3.29. The van der Waals surface area contributed by atoms with Crippen molar-refractivity contribution in [1.29, 1.82) is 0 Å². The molecule has 0 spiro atoms. The van der Waals surface area contributed by atoms with E-state index in [4.69, 9.17) is 0 Å². The SMILES string of the molecule is Cc1ccc(NCCC(C)C)cc1O. The molecule has 0 aliphatic heterocycles. The van der Waals surface area contributed by atoms with Gasteiger partial charge in [0.1, 0.15) is 5.75 Å². The molecule has 0 amide bonds. The Morgan fingerprint density at radius 2 is 2.07 bits per heavy atom. The van der Waals surface area contributed by atoms with Crippen molar-refractivity contribution in [2.45, 2.75) is 27.2 Å². The van der Waals surface area contributed by atoms with Crippen LogP contribution in [0.3, 0.4) is 0 Å². The highest BCUT2D eigenvalue weighted by atomic mass is 16.3. The van der Waals surface area contributed by atoms with E-state index in [2.05, 4.69) is 19.2 Å². The van der Waals surface area contributed by atoms with Crippen molar-refractivity contribution in [1.82, 2.24) is 0 Å². The molecule has 0 aromatic heterocycles. The normalized spacial score (nSPS) is 10.6. The van der Waals surface area contributed by atoms with E-state index in [1.807, 2.05) is 19.1 Å². The van der Waals surface area contributed by atoms with Crippen molar-refractivity contribution in [2.75, 3.05) is 11.9 Å². The Bertz CT molecular complexity index is 294. The minimum absolute atomic E-state index is 0.361. The van der Waals surface area contributed by atoms with Crippen LogP contribution in [-0.4, -0.2) is 11.7 Å². The molecule has 0 aliphatic carbocycles. The molecule has 0 heterocycles. The lowest BCUT2D eigenvalue weighted by Gasteiger charge is -2.09. The van der Waals surface area contributed by atoms with Crippen molar-refractivity contribution in [2.24, 2.45) is 5.92 Å². The van der Waals surface area contributed by atoms with Gasteiger partial charge in [-0.05, 0) is 30.9 Å². The standard InChI is InChI=1S/C12H19NO/c1-9(2)6-7-13-11-5-4-10(3)12(14)8-11/h4-5,8-9,13-14H,6-7H2,1-3H3. The van der Waals surface area contributed by atoms with Crippen LogP contribution in [0.25, 0.3) is 0 Å². The number of hydrogen-bond acceptors (Lipinski definition) is 2. The Labute approximate surface area is 86.0 Å². The first-order chi connectivity index (χ1) is 6.59. The van der Waals surface area contributed by atoms with Crippen LogP contribution in [0.4, 0.5) is 5.69 Å². The van der Waals surface area contributed by atoms with Crippen molar-refractivity contribution >= 4 is 5.69 Å². The fraction of sp³-hybridized carbons (Fsp3) is 0.500. The highest BCUT2D eigenvalue weighted by Gasteiger charge is 1.98. The zero-order valence-corrected chi connectivity index (χ0v) is 9.17. The zero-order valence-electron chi connectivity index (χ0n) is 9.17. The minimum atomic E-state index is 0.361. The zero-order chi connectivity index (χ0) is 10.6. The average molecular weight is 193 g/mol. The van der Waals surface area contributed by atoms with Crippen molar-refractivity contribution in [3.8, 4) is 5.75 Å². The van der Waals surface area contributed by atoms with E-state index in [1.165, 1.54) is 0 Å². The van der Waals surface area contributed by atoms with Crippen LogP contribution in [0.5, 0.6) is 5.75 Å². The Morgan fingerprint density at radius 3 is 2.64 bits per heavy atom. The van der Waals surface area contributed by atoms with Crippen molar-refractivity contribution in [3.63, 3.8) is 0 Å². The van der Waals surface area contributed by atoms with Crippen LogP contribution in [0, 0.1) is 12.8 Å². The number of phenols is 1. The van der Waals surface area contributed by atoms with Crippen LogP contribution >= 0.6 is 0 Å². The van der Waals surface area contributed by atoms with Gasteiger partial charge >= 0.3 is 0 Å². The lowest BCUT2D eigenvalue weighted by molar-refractivity contribution is 0.471. The van der Waals surface area contributed by atoms with Gasteiger partial charge in [-0.3, -0.25) is 0 Å². The number of nitrogens with one attached hydrogen (secondary N) is 1. The summed E-state index contributed by atoms with van der Waals surface area (Å²) in [4.78, 5) is 0. The maximum Gasteiger partial charge on any atom is 0.120 e. The van der Waals surface area contributed by atoms with Gasteiger partial charge < -0.3 is 10.4 Å². The molecular weight excluding hydrogens is 174 g/mol. The summed E-state index contributed by atoms with van der Waals surface area (Å²) in [6.07, 6.45) is 1.15. The van der Waals surface area contributed by atoms with Gasteiger partial charge in [0.15, 0.2) is 0 Å². The summed E-state index contributed by atoms with van der Waals surface area (Å²) < 4.78 is 0. The third-order valence-corrected chi connectivity index (χ3v) is 2.26. The fourth-order valence-electron chi connectivity index (χ4n) is 1.22. The van der Waals surface area contributed by atoms with Crippen LogP contribution in [0.2, 0.25) is 0 Å². The van der Waals surface area contributed by atoms with Gasteiger partial charge in [0, 0.05) is 18.3 Å². The number of aromatic hydroxyl groups is 1. The highest BCUT2D eigenvalue weighted by molar-refractivity contribution is 5.50. The van der Waals surface area contributed by atoms with E-state index in [1.54, 1.807) is 6.07 Å². The summed E-state index contributed by atoms with van der Waals surface area (Å²) in [5.41, 5.74) is 1.91. The molecule has 1 rings (SSSR count). The second-order valence-corrected chi connectivity index (χ2v) is 4.11. The van der Waals surface area contributed by atoms with Crippen LogP contribution < -0.4 is 5.32 Å². The summed E-state index contributed by atoms with van der Waals surface area (Å²) >= 11 is 0. The Hall–Kier alpha value is -1.18. The van der Waals surface area contributed by atoms with Gasteiger partial charge in [-0.1, -0.05) is 19.9 Å². The highest BCUT2D eigenvalue weighted by Crippen LogP contribution is 2.20.